The molecule has 3 rings (SSSR count). The van der Waals surface area contributed by atoms with Crippen molar-refractivity contribution in [2.75, 3.05) is 0 Å². The summed E-state index contributed by atoms with van der Waals surface area (Å²) in [5.41, 5.74) is -1.74. The van der Waals surface area contributed by atoms with E-state index in [2.05, 4.69) is 13.0 Å². The van der Waals surface area contributed by atoms with Crippen LogP contribution in [0.2, 0.25) is 0 Å². The first-order valence-electron chi connectivity index (χ1n) is 8.96. The van der Waals surface area contributed by atoms with Crippen molar-refractivity contribution in [1.82, 2.24) is 0 Å². The maximum Gasteiger partial charge on any atom is 0.230 e. The van der Waals surface area contributed by atoms with Crippen LogP contribution in [0.15, 0.2) is 23.0 Å². The number of hydrogen-bond donors (Lipinski definition) is 2. The molecule has 0 aromatic carbocycles. The Labute approximate surface area is 143 Å². The van der Waals surface area contributed by atoms with Crippen molar-refractivity contribution in [3.63, 3.8) is 0 Å². The third kappa shape index (κ3) is 1.78. The fourth-order valence-corrected chi connectivity index (χ4v) is 5.89. The maximum atomic E-state index is 13.4. The number of aliphatic hydroxyl groups excluding tert-OH is 1. The molecule has 1 spiro atoms. The van der Waals surface area contributed by atoms with Crippen molar-refractivity contribution < 1.29 is 19.8 Å². The summed E-state index contributed by atoms with van der Waals surface area (Å²) in [7, 11) is 0. The first kappa shape index (κ1) is 17.4. The van der Waals surface area contributed by atoms with E-state index < -0.39 is 22.6 Å². The second-order valence-electron chi connectivity index (χ2n) is 8.42. The second kappa shape index (κ2) is 5.29. The van der Waals surface area contributed by atoms with Crippen molar-refractivity contribution in [2.45, 2.75) is 59.5 Å². The molecule has 0 bridgehead atoms. The SMILES string of the molecule is CC(C)=CC1CC(C)C2CCC(C)C3(O)C(=O)C(O)=C(C)C(=O)C123. The van der Waals surface area contributed by atoms with Crippen LogP contribution in [0.4, 0.5) is 0 Å². The zero-order chi connectivity index (χ0) is 18.0. The van der Waals surface area contributed by atoms with Crippen molar-refractivity contribution in [1.29, 1.82) is 0 Å². The van der Waals surface area contributed by atoms with E-state index >= 15 is 0 Å². The van der Waals surface area contributed by atoms with Crippen molar-refractivity contribution in [3.05, 3.63) is 23.0 Å². The van der Waals surface area contributed by atoms with E-state index in [4.69, 9.17) is 0 Å². The first-order valence-corrected chi connectivity index (χ1v) is 8.96. The summed E-state index contributed by atoms with van der Waals surface area (Å²) in [5.74, 6) is -1.72. The van der Waals surface area contributed by atoms with Crippen LogP contribution < -0.4 is 0 Å². The van der Waals surface area contributed by atoms with Gasteiger partial charge >= 0.3 is 0 Å². The average Bonchev–Trinajstić information content (AvgIpc) is 2.79. The lowest BCUT2D eigenvalue weighted by atomic mass is 9.46. The van der Waals surface area contributed by atoms with Crippen LogP contribution in [-0.4, -0.2) is 27.4 Å². The Balaban J connectivity index is 2.36. The number of allylic oxidation sites excluding steroid dienone is 3. The minimum Gasteiger partial charge on any atom is -0.504 e. The van der Waals surface area contributed by atoms with E-state index in [-0.39, 0.29) is 35.0 Å². The van der Waals surface area contributed by atoms with Crippen LogP contribution in [0.3, 0.4) is 0 Å². The van der Waals surface area contributed by atoms with Crippen LogP contribution in [0.5, 0.6) is 0 Å². The fraction of sp³-hybridized carbons (Fsp3) is 0.700. The summed E-state index contributed by atoms with van der Waals surface area (Å²) in [6, 6.07) is 0. The molecule has 2 fully saturated rings. The summed E-state index contributed by atoms with van der Waals surface area (Å²) in [6.45, 7) is 9.43. The van der Waals surface area contributed by atoms with Gasteiger partial charge in [0.2, 0.25) is 5.78 Å². The van der Waals surface area contributed by atoms with Crippen molar-refractivity contribution in [2.24, 2.45) is 29.1 Å². The highest BCUT2D eigenvalue weighted by Crippen LogP contribution is 2.67. The highest BCUT2D eigenvalue weighted by molar-refractivity contribution is 6.18. The lowest BCUT2D eigenvalue weighted by Crippen LogP contribution is -2.70. The van der Waals surface area contributed by atoms with Crippen LogP contribution >= 0.6 is 0 Å². The molecule has 24 heavy (non-hydrogen) atoms. The van der Waals surface area contributed by atoms with Gasteiger partial charge in [0.15, 0.2) is 11.5 Å². The predicted molar refractivity (Wildman–Crippen MR) is 91.3 cm³/mol. The number of Topliss-reactive ketones (excluding diaryl/α,β-unsaturated/α-hetero) is 2. The van der Waals surface area contributed by atoms with Crippen LogP contribution in [0.25, 0.3) is 0 Å². The van der Waals surface area contributed by atoms with E-state index in [1.165, 1.54) is 6.92 Å². The van der Waals surface area contributed by atoms with Gasteiger partial charge in [0, 0.05) is 5.57 Å². The minimum atomic E-state index is -1.81. The summed E-state index contributed by atoms with van der Waals surface area (Å²) >= 11 is 0. The molecule has 0 aromatic heterocycles. The largest absolute Gasteiger partial charge is 0.504 e. The van der Waals surface area contributed by atoms with E-state index in [1.54, 1.807) is 0 Å². The van der Waals surface area contributed by atoms with Crippen LogP contribution in [0.1, 0.15) is 53.9 Å². The quantitative estimate of drug-likeness (QED) is 0.722. The fourth-order valence-electron chi connectivity index (χ4n) is 5.89. The summed E-state index contributed by atoms with van der Waals surface area (Å²) in [6.07, 6.45) is 4.38. The van der Waals surface area contributed by atoms with E-state index in [1.807, 2.05) is 20.8 Å². The Bertz CT molecular complexity index is 669. The number of ketones is 2. The van der Waals surface area contributed by atoms with Gasteiger partial charge in [-0.1, -0.05) is 25.5 Å². The Morgan fingerprint density at radius 3 is 2.38 bits per heavy atom. The topological polar surface area (TPSA) is 74.6 Å². The van der Waals surface area contributed by atoms with Gasteiger partial charge in [-0.15, -0.1) is 0 Å². The van der Waals surface area contributed by atoms with Gasteiger partial charge in [-0.25, -0.2) is 0 Å². The molecule has 4 heteroatoms. The van der Waals surface area contributed by atoms with Crippen LogP contribution in [-0.2, 0) is 9.59 Å². The molecule has 0 aromatic rings. The van der Waals surface area contributed by atoms with E-state index in [0.29, 0.717) is 6.42 Å². The van der Waals surface area contributed by atoms with Gasteiger partial charge in [0.05, 0.1) is 5.41 Å². The normalized spacial score (nSPS) is 45.1. The molecular formula is C20H28O4. The average molecular weight is 332 g/mol. The number of carbonyl (C=O) groups is 2. The van der Waals surface area contributed by atoms with E-state index in [9.17, 15) is 19.8 Å². The van der Waals surface area contributed by atoms with Crippen LogP contribution in [0, 0.1) is 29.1 Å². The van der Waals surface area contributed by atoms with Crippen molar-refractivity contribution >= 4 is 11.6 Å². The maximum absolute atomic E-state index is 13.4. The molecule has 0 amide bonds. The highest BCUT2D eigenvalue weighted by atomic mass is 16.3. The number of aliphatic hydroxyl groups is 2. The molecule has 0 saturated heterocycles. The molecule has 6 atom stereocenters. The standard InChI is InChI=1S/C20H28O4/c1-10(2)8-14-9-11(3)15-7-6-12(4)20(24)18(23)16(21)13(5)17(22)19(14,15)20/h8,11-12,14-15,21,24H,6-7,9H2,1-5H3. The molecule has 0 aliphatic heterocycles. The van der Waals surface area contributed by atoms with Gasteiger partial charge in [-0.3, -0.25) is 9.59 Å². The number of hydrogen-bond acceptors (Lipinski definition) is 4. The molecule has 132 valence electrons. The van der Waals surface area contributed by atoms with Crippen molar-refractivity contribution in [3.8, 4) is 0 Å². The summed E-state index contributed by atoms with van der Waals surface area (Å²) < 4.78 is 0. The third-order valence-corrected chi connectivity index (χ3v) is 6.90. The molecule has 0 heterocycles. The molecule has 3 aliphatic carbocycles. The van der Waals surface area contributed by atoms with Gasteiger partial charge in [-0.2, -0.15) is 0 Å². The molecule has 2 saturated carbocycles. The lowest BCUT2D eigenvalue weighted by molar-refractivity contribution is -0.196. The highest BCUT2D eigenvalue weighted by Gasteiger charge is 2.75. The number of rotatable bonds is 1. The van der Waals surface area contributed by atoms with Gasteiger partial charge in [-0.05, 0) is 63.7 Å². The molecule has 2 N–H and O–H groups in total. The monoisotopic (exact) mass is 332 g/mol. The zero-order valence-corrected chi connectivity index (χ0v) is 15.2. The lowest BCUT2D eigenvalue weighted by Gasteiger charge is -2.57. The molecule has 0 radical (unpaired) electrons. The van der Waals surface area contributed by atoms with Gasteiger partial charge < -0.3 is 10.2 Å². The predicted octanol–water partition coefficient (Wildman–Crippen LogP) is 3.36. The minimum absolute atomic E-state index is 0.0289. The molecule has 3 aliphatic rings. The van der Waals surface area contributed by atoms with Gasteiger partial charge in [0.25, 0.3) is 0 Å². The molecular weight excluding hydrogens is 304 g/mol. The summed E-state index contributed by atoms with van der Waals surface area (Å²) in [4.78, 5) is 26.4. The first-order chi connectivity index (χ1) is 11.1. The zero-order valence-electron chi connectivity index (χ0n) is 15.2. The third-order valence-electron chi connectivity index (χ3n) is 6.90. The van der Waals surface area contributed by atoms with E-state index in [0.717, 1.165) is 18.4 Å². The Kier molecular flexibility index (Phi) is 3.83. The second-order valence-corrected chi connectivity index (χ2v) is 8.42. The Morgan fingerprint density at radius 1 is 1.17 bits per heavy atom. The molecule has 4 nitrogen and oxygen atoms in total. The van der Waals surface area contributed by atoms with Gasteiger partial charge in [0.1, 0.15) is 5.60 Å². The Morgan fingerprint density at radius 2 is 1.79 bits per heavy atom. The Hall–Kier alpha value is -1.42. The molecule has 6 unspecified atom stereocenters. The number of carbonyl (C=O) groups excluding carboxylic acids is 2. The summed E-state index contributed by atoms with van der Waals surface area (Å²) in [5, 5.41) is 21.9. The smallest absolute Gasteiger partial charge is 0.230 e.